The van der Waals surface area contributed by atoms with Crippen molar-refractivity contribution in [3.63, 3.8) is 0 Å². The smallest absolute Gasteiger partial charge is 0.265 e. The zero-order chi connectivity index (χ0) is 22.7. The molecule has 3 aromatic carbocycles. The summed E-state index contributed by atoms with van der Waals surface area (Å²) in [6.45, 7) is 2.12. The van der Waals surface area contributed by atoms with Gasteiger partial charge in [-0.3, -0.25) is 9.10 Å². The number of benzene rings is 3. The summed E-state index contributed by atoms with van der Waals surface area (Å²) in [5, 5.41) is 2.68. The highest BCUT2D eigenvalue weighted by atomic mass is 32.2. The lowest BCUT2D eigenvalue weighted by Crippen LogP contribution is -2.43. The van der Waals surface area contributed by atoms with Crippen molar-refractivity contribution >= 4 is 21.6 Å². The van der Waals surface area contributed by atoms with Crippen LogP contribution in [0.3, 0.4) is 0 Å². The number of amides is 1. The largest absolute Gasteiger partial charge is 0.492 e. The predicted octanol–water partition coefficient (Wildman–Crippen LogP) is 3.76. The van der Waals surface area contributed by atoms with Gasteiger partial charge in [0.2, 0.25) is 5.91 Å². The summed E-state index contributed by atoms with van der Waals surface area (Å²) < 4.78 is 46.9. The van der Waals surface area contributed by atoms with Crippen LogP contribution in [0.2, 0.25) is 0 Å². The van der Waals surface area contributed by atoms with Gasteiger partial charge in [0.15, 0.2) is 0 Å². The van der Waals surface area contributed by atoms with Crippen molar-refractivity contribution in [2.24, 2.45) is 0 Å². The topological polar surface area (TPSA) is 75.7 Å². The molecule has 4 rings (SSSR count). The van der Waals surface area contributed by atoms with E-state index >= 15 is 0 Å². The fraction of sp³-hybridized carbons (Fsp3) is 0.208. The van der Waals surface area contributed by atoms with Crippen molar-refractivity contribution in [3.8, 4) is 16.9 Å². The molecule has 166 valence electrons. The number of ether oxygens (including phenoxy) is 1. The number of anilines is 1. The molecule has 1 N–H and O–H groups in total. The van der Waals surface area contributed by atoms with E-state index in [-0.39, 0.29) is 23.7 Å². The Morgan fingerprint density at radius 2 is 1.78 bits per heavy atom. The van der Waals surface area contributed by atoms with Crippen LogP contribution in [0.4, 0.5) is 10.1 Å². The predicted molar refractivity (Wildman–Crippen MR) is 121 cm³/mol. The molecule has 0 saturated carbocycles. The third-order valence-electron chi connectivity index (χ3n) is 5.28. The maximum absolute atomic E-state index is 13.9. The number of rotatable bonds is 7. The van der Waals surface area contributed by atoms with E-state index in [1.165, 1.54) is 29.8 Å². The molecular weight excluding hydrogens is 431 g/mol. The van der Waals surface area contributed by atoms with Crippen molar-refractivity contribution < 1.29 is 22.3 Å². The molecule has 1 heterocycles. The van der Waals surface area contributed by atoms with Crippen LogP contribution in [0.5, 0.6) is 5.75 Å². The average molecular weight is 455 g/mol. The third kappa shape index (κ3) is 4.31. The van der Waals surface area contributed by atoms with Crippen LogP contribution >= 0.6 is 0 Å². The maximum Gasteiger partial charge on any atom is 0.265 e. The molecular formula is C24H23FN2O4S. The minimum atomic E-state index is -3.97. The zero-order valence-electron chi connectivity index (χ0n) is 17.5. The molecule has 0 saturated heterocycles. The van der Waals surface area contributed by atoms with Gasteiger partial charge < -0.3 is 10.1 Å². The molecule has 0 atom stereocenters. The highest BCUT2D eigenvalue weighted by Gasteiger charge is 2.35. The minimum Gasteiger partial charge on any atom is -0.492 e. The van der Waals surface area contributed by atoms with Crippen molar-refractivity contribution in [2.75, 3.05) is 24.0 Å². The lowest BCUT2D eigenvalue weighted by molar-refractivity contribution is -0.119. The standard InChI is InChI=1S/C24H23FN2O4S/c1-2-17-7-10-19(11-8-17)31-14-13-26-24(28)16-27-22-12-9-18(25)15-21(22)20-5-3-4-6-23(20)32(27,29)30/h3-12,15H,2,13-14,16H2,1H3,(H,26,28). The summed E-state index contributed by atoms with van der Waals surface area (Å²) in [4.78, 5) is 12.6. The number of carbonyl (C=O) groups is 1. The normalized spacial score (nSPS) is 13.8. The Balaban J connectivity index is 1.44. The Labute approximate surface area is 186 Å². The number of hydrogen-bond donors (Lipinski definition) is 1. The third-order valence-corrected chi connectivity index (χ3v) is 7.10. The van der Waals surface area contributed by atoms with Gasteiger partial charge in [-0.2, -0.15) is 0 Å². The Hall–Kier alpha value is -3.39. The first kappa shape index (κ1) is 21.8. The van der Waals surface area contributed by atoms with E-state index in [1.807, 2.05) is 24.3 Å². The quantitative estimate of drug-likeness (QED) is 0.552. The lowest BCUT2D eigenvalue weighted by atomic mass is 10.0. The Morgan fingerprint density at radius 1 is 1.03 bits per heavy atom. The summed E-state index contributed by atoms with van der Waals surface area (Å²) in [6.07, 6.45) is 0.940. The number of carbonyl (C=O) groups excluding carboxylic acids is 1. The maximum atomic E-state index is 13.9. The number of fused-ring (bicyclic) bond motifs is 3. The van der Waals surface area contributed by atoms with Gasteiger partial charge in [-0.25, -0.2) is 12.8 Å². The molecule has 0 radical (unpaired) electrons. The van der Waals surface area contributed by atoms with E-state index in [9.17, 15) is 17.6 Å². The average Bonchev–Trinajstić information content (AvgIpc) is 2.80. The van der Waals surface area contributed by atoms with Gasteiger partial charge >= 0.3 is 0 Å². The Kier molecular flexibility index (Phi) is 6.14. The highest BCUT2D eigenvalue weighted by Crippen LogP contribution is 2.42. The SMILES string of the molecule is CCc1ccc(OCCNC(=O)CN2c3ccc(F)cc3-c3ccccc3S2(=O)=O)cc1. The second-order valence-electron chi connectivity index (χ2n) is 7.37. The van der Waals surface area contributed by atoms with Gasteiger partial charge in [0.05, 0.1) is 17.1 Å². The first-order chi connectivity index (χ1) is 15.4. The van der Waals surface area contributed by atoms with Crippen LogP contribution < -0.4 is 14.4 Å². The van der Waals surface area contributed by atoms with E-state index in [1.54, 1.807) is 18.2 Å². The molecule has 0 aromatic heterocycles. The fourth-order valence-electron chi connectivity index (χ4n) is 3.64. The molecule has 0 spiro atoms. The van der Waals surface area contributed by atoms with Crippen LogP contribution in [-0.4, -0.2) is 34.0 Å². The van der Waals surface area contributed by atoms with E-state index in [0.717, 1.165) is 10.7 Å². The zero-order valence-corrected chi connectivity index (χ0v) is 18.4. The molecule has 6 nitrogen and oxygen atoms in total. The van der Waals surface area contributed by atoms with Gasteiger partial charge in [0.25, 0.3) is 10.0 Å². The van der Waals surface area contributed by atoms with Crippen LogP contribution in [0.25, 0.3) is 11.1 Å². The van der Waals surface area contributed by atoms with E-state index in [4.69, 9.17) is 4.74 Å². The van der Waals surface area contributed by atoms with Crippen molar-refractivity contribution in [2.45, 2.75) is 18.2 Å². The Bertz CT molecular complexity index is 1240. The number of nitrogens with zero attached hydrogens (tertiary/aromatic N) is 1. The molecule has 3 aromatic rings. The lowest BCUT2D eigenvalue weighted by Gasteiger charge is -2.31. The molecule has 0 unspecified atom stereocenters. The summed E-state index contributed by atoms with van der Waals surface area (Å²) in [6, 6.07) is 17.9. The van der Waals surface area contributed by atoms with Crippen molar-refractivity contribution in [1.29, 1.82) is 0 Å². The highest BCUT2D eigenvalue weighted by molar-refractivity contribution is 7.93. The van der Waals surface area contributed by atoms with E-state index in [2.05, 4.69) is 12.2 Å². The van der Waals surface area contributed by atoms with Crippen LogP contribution in [0.1, 0.15) is 12.5 Å². The number of nitrogens with one attached hydrogen (secondary N) is 1. The van der Waals surface area contributed by atoms with E-state index in [0.29, 0.717) is 16.9 Å². The molecule has 0 aliphatic carbocycles. The molecule has 0 fully saturated rings. The number of aryl methyl sites for hydroxylation is 1. The molecule has 1 aliphatic rings. The van der Waals surface area contributed by atoms with Gasteiger partial charge in [-0.15, -0.1) is 0 Å². The first-order valence-corrected chi connectivity index (χ1v) is 11.7. The van der Waals surface area contributed by atoms with E-state index < -0.39 is 28.3 Å². The molecule has 32 heavy (non-hydrogen) atoms. The van der Waals surface area contributed by atoms with Crippen LogP contribution in [-0.2, 0) is 21.2 Å². The van der Waals surface area contributed by atoms with Crippen LogP contribution in [0.15, 0.2) is 71.6 Å². The fourth-order valence-corrected chi connectivity index (χ4v) is 5.29. The molecule has 8 heteroatoms. The van der Waals surface area contributed by atoms with Gasteiger partial charge in [0, 0.05) is 11.1 Å². The monoisotopic (exact) mass is 454 g/mol. The molecule has 1 amide bonds. The second kappa shape index (κ2) is 9.00. The summed E-state index contributed by atoms with van der Waals surface area (Å²) >= 11 is 0. The summed E-state index contributed by atoms with van der Waals surface area (Å²) in [5.74, 6) is -0.262. The van der Waals surface area contributed by atoms with Gasteiger partial charge in [-0.1, -0.05) is 37.3 Å². The summed E-state index contributed by atoms with van der Waals surface area (Å²) in [7, 11) is -3.97. The number of hydrogen-bond acceptors (Lipinski definition) is 4. The molecule has 0 bridgehead atoms. The first-order valence-electron chi connectivity index (χ1n) is 10.3. The minimum absolute atomic E-state index is 0.0461. The van der Waals surface area contributed by atoms with Gasteiger partial charge in [-0.05, 0) is 48.4 Å². The number of sulfonamides is 1. The van der Waals surface area contributed by atoms with Gasteiger partial charge in [0.1, 0.15) is 24.7 Å². The molecule has 1 aliphatic heterocycles. The second-order valence-corrected chi connectivity index (χ2v) is 9.20. The van der Waals surface area contributed by atoms with Crippen molar-refractivity contribution in [3.05, 3.63) is 78.1 Å². The van der Waals surface area contributed by atoms with Crippen LogP contribution in [0, 0.1) is 5.82 Å². The number of halogens is 1. The summed E-state index contributed by atoms with van der Waals surface area (Å²) in [5.41, 5.74) is 2.32. The van der Waals surface area contributed by atoms with Crippen molar-refractivity contribution in [1.82, 2.24) is 5.32 Å². The Morgan fingerprint density at radius 3 is 2.53 bits per heavy atom.